The van der Waals surface area contributed by atoms with E-state index >= 15 is 0 Å². The maximum absolute atomic E-state index is 13.2. The number of halogens is 2. The molecule has 2 N–H and O–H groups in total. The highest BCUT2D eigenvalue weighted by Gasteiger charge is 2.22. The first-order valence-electron chi connectivity index (χ1n) is 9.21. The second kappa shape index (κ2) is 8.02. The number of benzene rings is 2. The third kappa shape index (κ3) is 4.17. The van der Waals surface area contributed by atoms with Crippen molar-refractivity contribution in [1.29, 1.82) is 0 Å². The average Bonchev–Trinajstić information content (AvgIpc) is 2.68. The number of pyridine rings is 1. The highest BCUT2D eigenvalue weighted by Crippen LogP contribution is 2.29. The Hall–Kier alpha value is -2.86. The maximum Gasteiger partial charge on any atom is 0.319 e. The van der Waals surface area contributed by atoms with Crippen molar-refractivity contribution in [2.45, 2.75) is 18.9 Å². The molecular formula is C21H20ClFN4O. The lowest BCUT2D eigenvalue weighted by atomic mass is 10.0. The molecule has 1 aliphatic heterocycles. The average molecular weight is 399 g/mol. The first-order chi connectivity index (χ1) is 13.6. The quantitative estimate of drug-likeness (QED) is 0.665. The van der Waals surface area contributed by atoms with Gasteiger partial charge < -0.3 is 15.5 Å². The molecule has 28 heavy (non-hydrogen) atoms. The minimum atomic E-state index is -0.378. The van der Waals surface area contributed by atoms with E-state index < -0.39 is 0 Å². The van der Waals surface area contributed by atoms with E-state index in [-0.39, 0.29) is 17.9 Å². The molecule has 0 atom stereocenters. The van der Waals surface area contributed by atoms with Crippen molar-refractivity contribution in [1.82, 2.24) is 10.3 Å². The van der Waals surface area contributed by atoms with E-state index in [9.17, 15) is 9.18 Å². The second-order valence-electron chi connectivity index (χ2n) is 6.86. The van der Waals surface area contributed by atoms with Gasteiger partial charge >= 0.3 is 6.03 Å². The first-order valence-corrected chi connectivity index (χ1v) is 9.58. The maximum atomic E-state index is 13.2. The van der Waals surface area contributed by atoms with Gasteiger partial charge in [-0.1, -0.05) is 17.7 Å². The monoisotopic (exact) mass is 398 g/mol. The van der Waals surface area contributed by atoms with Crippen LogP contribution in [-0.2, 0) is 0 Å². The molecule has 1 fully saturated rings. The minimum absolute atomic E-state index is 0.0763. The summed E-state index contributed by atoms with van der Waals surface area (Å²) in [6.45, 7) is 1.65. The van der Waals surface area contributed by atoms with Crippen LogP contribution in [0.4, 0.5) is 20.6 Å². The summed E-state index contributed by atoms with van der Waals surface area (Å²) in [6.07, 6.45) is 3.45. The number of nitrogens with one attached hydrogen (secondary N) is 2. The van der Waals surface area contributed by atoms with Gasteiger partial charge in [-0.2, -0.15) is 0 Å². The molecule has 0 aliphatic carbocycles. The van der Waals surface area contributed by atoms with Gasteiger partial charge in [0.15, 0.2) is 0 Å². The number of rotatable bonds is 3. The van der Waals surface area contributed by atoms with Crippen LogP contribution >= 0.6 is 11.6 Å². The molecule has 1 aliphatic rings. The molecular weight excluding hydrogens is 379 g/mol. The summed E-state index contributed by atoms with van der Waals surface area (Å²) in [5.41, 5.74) is 2.45. The summed E-state index contributed by atoms with van der Waals surface area (Å²) >= 11 is 6.07. The van der Waals surface area contributed by atoms with Crippen molar-refractivity contribution in [2.24, 2.45) is 0 Å². The molecule has 0 spiro atoms. The number of piperidine rings is 1. The number of amides is 2. The van der Waals surface area contributed by atoms with Gasteiger partial charge in [-0.3, -0.25) is 4.98 Å². The number of anilines is 2. The van der Waals surface area contributed by atoms with Crippen molar-refractivity contribution in [3.63, 3.8) is 0 Å². The van der Waals surface area contributed by atoms with Crippen LogP contribution in [0.3, 0.4) is 0 Å². The molecule has 7 heteroatoms. The Balaban J connectivity index is 1.37. The normalized spacial score (nSPS) is 14.9. The third-order valence-corrected chi connectivity index (χ3v) is 5.17. The molecule has 0 bridgehead atoms. The fraction of sp³-hybridized carbons (Fsp3) is 0.238. The van der Waals surface area contributed by atoms with Crippen molar-refractivity contribution >= 4 is 39.9 Å². The van der Waals surface area contributed by atoms with E-state index in [0.717, 1.165) is 42.5 Å². The molecule has 5 nitrogen and oxygen atoms in total. The van der Waals surface area contributed by atoms with Gasteiger partial charge in [0.05, 0.1) is 5.52 Å². The number of carbonyl (C=O) groups is 1. The Kier molecular flexibility index (Phi) is 5.30. The van der Waals surface area contributed by atoms with E-state index in [4.69, 9.17) is 11.6 Å². The van der Waals surface area contributed by atoms with Crippen LogP contribution in [0, 0.1) is 5.82 Å². The minimum Gasteiger partial charge on any atom is -0.371 e. The number of nitrogens with zero attached hydrogens (tertiary/aromatic N) is 2. The second-order valence-corrected chi connectivity index (χ2v) is 7.30. The number of hydrogen-bond acceptors (Lipinski definition) is 3. The molecule has 0 saturated carbocycles. The molecule has 144 valence electrons. The van der Waals surface area contributed by atoms with Crippen LogP contribution in [0.25, 0.3) is 10.9 Å². The first kappa shape index (κ1) is 18.5. The summed E-state index contributed by atoms with van der Waals surface area (Å²) in [5, 5.41) is 7.39. The van der Waals surface area contributed by atoms with Crippen LogP contribution in [-0.4, -0.2) is 30.1 Å². The lowest BCUT2D eigenvalue weighted by Crippen LogP contribution is -2.46. The predicted octanol–water partition coefficient (Wildman–Crippen LogP) is 4.82. The van der Waals surface area contributed by atoms with Crippen molar-refractivity contribution in [2.75, 3.05) is 23.3 Å². The van der Waals surface area contributed by atoms with Crippen LogP contribution < -0.4 is 15.5 Å². The Morgan fingerprint density at radius 2 is 1.96 bits per heavy atom. The molecule has 4 rings (SSSR count). The van der Waals surface area contributed by atoms with E-state index in [0.29, 0.717) is 10.7 Å². The Labute approximate surface area is 167 Å². The van der Waals surface area contributed by atoms with Gasteiger partial charge in [-0.15, -0.1) is 0 Å². The number of carbonyl (C=O) groups excluding carboxylic acids is 1. The topological polar surface area (TPSA) is 57.3 Å². The Morgan fingerprint density at radius 3 is 2.75 bits per heavy atom. The van der Waals surface area contributed by atoms with E-state index in [2.05, 4.69) is 20.5 Å². The van der Waals surface area contributed by atoms with Crippen molar-refractivity contribution < 1.29 is 9.18 Å². The fourth-order valence-electron chi connectivity index (χ4n) is 3.57. The largest absolute Gasteiger partial charge is 0.371 e. The van der Waals surface area contributed by atoms with Crippen LogP contribution in [0.2, 0.25) is 5.02 Å². The van der Waals surface area contributed by atoms with E-state index in [1.54, 1.807) is 18.3 Å². The zero-order valence-corrected chi connectivity index (χ0v) is 15.9. The molecule has 2 heterocycles. The van der Waals surface area contributed by atoms with Crippen molar-refractivity contribution in [3.8, 4) is 0 Å². The van der Waals surface area contributed by atoms with Crippen LogP contribution in [0.5, 0.6) is 0 Å². The van der Waals surface area contributed by atoms with Gasteiger partial charge in [-0.05, 0) is 55.3 Å². The van der Waals surface area contributed by atoms with Gasteiger partial charge in [0.2, 0.25) is 0 Å². The molecule has 1 saturated heterocycles. The smallest absolute Gasteiger partial charge is 0.319 e. The SMILES string of the molecule is O=C(Nc1cccc(F)c1)NC1CCN(c2ccnc3cc(Cl)ccc23)CC1. The lowest BCUT2D eigenvalue weighted by Gasteiger charge is -2.34. The third-order valence-electron chi connectivity index (χ3n) is 4.94. The summed E-state index contributed by atoms with van der Waals surface area (Å²) in [4.78, 5) is 18.9. The number of urea groups is 1. The molecule has 3 aromatic rings. The molecule has 0 radical (unpaired) electrons. The van der Waals surface area contributed by atoms with E-state index in [1.807, 2.05) is 24.3 Å². The molecule has 2 amide bonds. The van der Waals surface area contributed by atoms with Crippen LogP contribution in [0.1, 0.15) is 12.8 Å². The highest BCUT2D eigenvalue weighted by molar-refractivity contribution is 6.31. The summed E-state index contributed by atoms with van der Waals surface area (Å²) < 4.78 is 13.2. The molecule has 1 aromatic heterocycles. The predicted molar refractivity (Wildman–Crippen MR) is 111 cm³/mol. The van der Waals surface area contributed by atoms with Gasteiger partial charge in [0, 0.05) is 47.1 Å². The zero-order valence-electron chi connectivity index (χ0n) is 15.2. The summed E-state index contributed by atoms with van der Waals surface area (Å²) in [5.74, 6) is -0.378. The molecule has 2 aromatic carbocycles. The molecule has 0 unspecified atom stereocenters. The standard InChI is InChI=1S/C21H20ClFN4O/c22-14-4-5-18-19(12-14)24-9-6-20(18)27-10-7-16(8-11-27)25-21(28)26-17-3-1-2-15(23)13-17/h1-6,9,12-13,16H,7-8,10-11H2,(H2,25,26,28). The van der Waals surface area contributed by atoms with Gasteiger partial charge in [0.25, 0.3) is 0 Å². The summed E-state index contributed by atoms with van der Waals surface area (Å²) in [6, 6.07) is 13.4. The van der Waals surface area contributed by atoms with Crippen LogP contribution in [0.15, 0.2) is 54.7 Å². The van der Waals surface area contributed by atoms with Gasteiger partial charge in [-0.25, -0.2) is 9.18 Å². The fourth-order valence-corrected chi connectivity index (χ4v) is 3.73. The number of aromatic nitrogens is 1. The highest BCUT2D eigenvalue weighted by atomic mass is 35.5. The van der Waals surface area contributed by atoms with Gasteiger partial charge in [0.1, 0.15) is 5.82 Å². The van der Waals surface area contributed by atoms with Crippen molar-refractivity contribution in [3.05, 3.63) is 65.6 Å². The zero-order chi connectivity index (χ0) is 19.5. The number of fused-ring (bicyclic) bond motifs is 1. The van der Waals surface area contributed by atoms with E-state index in [1.165, 1.54) is 12.1 Å². The Morgan fingerprint density at radius 1 is 1.14 bits per heavy atom. The summed E-state index contributed by atoms with van der Waals surface area (Å²) in [7, 11) is 0. The Bertz CT molecular complexity index is 1000. The lowest BCUT2D eigenvalue weighted by molar-refractivity contribution is 0.246. The number of hydrogen-bond donors (Lipinski definition) is 2.